The molecular weight excluding hydrogens is 268 g/mol. The summed E-state index contributed by atoms with van der Waals surface area (Å²) in [5, 5.41) is 14.4. The van der Waals surface area contributed by atoms with E-state index in [4.69, 9.17) is 9.84 Å². The number of hydrogen-bond donors (Lipinski definition) is 3. The minimum absolute atomic E-state index is 0.0555. The molecule has 5 heteroatoms. The van der Waals surface area contributed by atoms with Crippen LogP contribution in [0.5, 0.6) is 0 Å². The van der Waals surface area contributed by atoms with Gasteiger partial charge in [-0.05, 0) is 49.8 Å². The van der Waals surface area contributed by atoms with Crippen LogP contribution in [0.15, 0.2) is 24.3 Å². The third kappa shape index (κ3) is 6.14. The van der Waals surface area contributed by atoms with Crippen LogP contribution >= 0.6 is 0 Å². The highest BCUT2D eigenvalue weighted by atomic mass is 16.5. The zero-order valence-corrected chi connectivity index (χ0v) is 12.5. The zero-order chi connectivity index (χ0) is 15.1. The first-order valence-electron chi connectivity index (χ1n) is 7.52. The molecule has 1 aliphatic carbocycles. The Kier molecular flexibility index (Phi) is 6.02. The third-order valence-corrected chi connectivity index (χ3v) is 3.44. The summed E-state index contributed by atoms with van der Waals surface area (Å²) in [7, 11) is 0. The Balaban J connectivity index is 1.77. The van der Waals surface area contributed by atoms with Crippen LogP contribution in [0.3, 0.4) is 0 Å². The molecule has 0 radical (unpaired) electrons. The van der Waals surface area contributed by atoms with E-state index in [1.165, 1.54) is 12.8 Å². The maximum Gasteiger partial charge on any atom is 0.319 e. The van der Waals surface area contributed by atoms with Crippen molar-refractivity contribution in [3.63, 3.8) is 0 Å². The van der Waals surface area contributed by atoms with Gasteiger partial charge in [0.25, 0.3) is 0 Å². The molecule has 116 valence electrons. The Hall–Kier alpha value is -1.59. The molecule has 0 aromatic heterocycles. The molecular formula is C16H24N2O3. The molecule has 2 rings (SSSR count). The molecule has 1 aromatic rings. The number of carbonyl (C=O) groups is 1. The van der Waals surface area contributed by atoms with Gasteiger partial charge in [0.05, 0.1) is 6.61 Å². The van der Waals surface area contributed by atoms with Crippen molar-refractivity contribution >= 4 is 11.7 Å². The van der Waals surface area contributed by atoms with Gasteiger partial charge in [0.2, 0.25) is 0 Å². The summed E-state index contributed by atoms with van der Waals surface area (Å²) in [6, 6.07) is 7.35. The number of urea groups is 1. The number of aliphatic hydroxyl groups excluding tert-OH is 1. The molecule has 1 aromatic carbocycles. The Morgan fingerprint density at radius 3 is 3.00 bits per heavy atom. The average Bonchev–Trinajstić information content (AvgIpc) is 3.23. The minimum atomic E-state index is -0.257. The summed E-state index contributed by atoms with van der Waals surface area (Å²) < 4.78 is 5.64. The second-order valence-electron chi connectivity index (χ2n) is 5.67. The van der Waals surface area contributed by atoms with E-state index in [1.54, 1.807) is 0 Å². The van der Waals surface area contributed by atoms with Crippen molar-refractivity contribution in [1.29, 1.82) is 0 Å². The maximum absolute atomic E-state index is 11.8. The van der Waals surface area contributed by atoms with Crippen LogP contribution in [0.2, 0.25) is 0 Å². The molecule has 0 heterocycles. The molecule has 0 aliphatic heterocycles. The van der Waals surface area contributed by atoms with Crippen LogP contribution in [0.4, 0.5) is 10.5 Å². The van der Waals surface area contributed by atoms with Crippen molar-refractivity contribution in [3.05, 3.63) is 29.8 Å². The standard InChI is InChI=1S/C16H24N2O3/c1-12(7-8-19)17-16(20)18-15-4-2-3-14(9-15)11-21-10-13-5-6-13/h2-4,9,12-13,19H,5-8,10-11H2,1H3,(H2,17,18,20)/t12-/m1/s1. The lowest BCUT2D eigenvalue weighted by Gasteiger charge is -2.14. The number of benzene rings is 1. The molecule has 0 spiro atoms. The molecule has 1 atom stereocenters. The molecule has 3 N–H and O–H groups in total. The fraction of sp³-hybridized carbons (Fsp3) is 0.562. The topological polar surface area (TPSA) is 70.6 Å². The van der Waals surface area contributed by atoms with E-state index in [2.05, 4.69) is 10.6 Å². The first-order chi connectivity index (χ1) is 10.2. The largest absolute Gasteiger partial charge is 0.396 e. The lowest BCUT2D eigenvalue weighted by Crippen LogP contribution is -2.36. The van der Waals surface area contributed by atoms with Gasteiger partial charge in [-0.1, -0.05) is 12.1 Å². The van der Waals surface area contributed by atoms with Crippen molar-refractivity contribution in [1.82, 2.24) is 5.32 Å². The van der Waals surface area contributed by atoms with E-state index in [0.717, 1.165) is 23.8 Å². The number of carbonyl (C=O) groups excluding carboxylic acids is 1. The molecule has 0 saturated heterocycles. The van der Waals surface area contributed by atoms with Crippen molar-refractivity contribution in [2.24, 2.45) is 5.92 Å². The molecule has 5 nitrogen and oxygen atoms in total. The molecule has 21 heavy (non-hydrogen) atoms. The van der Waals surface area contributed by atoms with E-state index in [-0.39, 0.29) is 18.7 Å². The Bertz CT molecular complexity index is 461. The summed E-state index contributed by atoms with van der Waals surface area (Å²) >= 11 is 0. The van der Waals surface area contributed by atoms with Crippen LogP contribution in [0, 0.1) is 5.92 Å². The van der Waals surface area contributed by atoms with E-state index in [9.17, 15) is 4.79 Å². The predicted octanol–water partition coefficient (Wildman–Crippen LogP) is 2.51. The fourth-order valence-electron chi connectivity index (χ4n) is 2.02. The van der Waals surface area contributed by atoms with E-state index in [0.29, 0.717) is 13.0 Å². The molecule has 0 unspecified atom stereocenters. The Labute approximate surface area is 125 Å². The number of nitrogens with one attached hydrogen (secondary N) is 2. The van der Waals surface area contributed by atoms with Gasteiger partial charge in [-0.2, -0.15) is 0 Å². The second-order valence-corrected chi connectivity index (χ2v) is 5.67. The first kappa shape index (κ1) is 15.8. The van der Waals surface area contributed by atoms with Gasteiger partial charge in [-0.25, -0.2) is 4.79 Å². The number of rotatable bonds is 8. The Morgan fingerprint density at radius 2 is 2.29 bits per heavy atom. The van der Waals surface area contributed by atoms with Gasteiger partial charge in [0, 0.05) is 24.9 Å². The van der Waals surface area contributed by atoms with Crippen LogP contribution in [0.1, 0.15) is 31.7 Å². The number of ether oxygens (including phenoxy) is 1. The molecule has 0 bridgehead atoms. The van der Waals surface area contributed by atoms with Gasteiger partial charge in [0.15, 0.2) is 0 Å². The monoisotopic (exact) mass is 292 g/mol. The third-order valence-electron chi connectivity index (χ3n) is 3.44. The van der Waals surface area contributed by atoms with Gasteiger partial charge < -0.3 is 20.5 Å². The van der Waals surface area contributed by atoms with Crippen molar-refractivity contribution < 1.29 is 14.6 Å². The summed E-state index contributed by atoms with van der Waals surface area (Å²) in [5.74, 6) is 0.755. The summed E-state index contributed by atoms with van der Waals surface area (Å²) in [4.78, 5) is 11.8. The van der Waals surface area contributed by atoms with Crippen molar-refractivity contribution in [3.8, 4) is 0 Å². The fourth-order valence-corrected chi connectivity index (χ4v) is 2.02. The Morgan fingerprint density at radius 1 is 1.48 bits per heavy atom. The normalized spacial score (nSPS) is 15.5. The summed E-state index contributed by atoms with van der Waals surface area (Å²) in [5.41, 5.74) is 1.80. The maximum atomic E-state index is 11.8. The summed E-state index contributed by atoms with van der Waals surface area (Å²) in [6.07, 6.45) is 3.12. The number of amides is 2. The lowest BCUT2D eigenvalue weighted by molar-refractivity contribution is 0.111. The quantitative estimate of drug-likeness (QED) is 0.689. The van der Waals surface area contributed by atoms with Crippen LogP contribution < -0.4 is 10.6 Å². The summed E-state index contributed by atoms with van der Waals surface area (Å²) in [6.45, 7) is 3.33. The highest BCUT2D eigenvalue weighted by Gasteiger charge is 2.21. The van der Waals surface area contributed by atoms with Gasteiger partial charge >= 0.3 is 6.03 Å². The van der Waals surface area contributed by atoms with Crippen molar-refractivity contribution in [2.75, 3.05) is 18.5 Å². The van der Waals surface area contributed by atoms with E-state index in [1.807, 2.05) is 31.2 Å². The number of anilines is 1. The van der Waals surface area contributed by atoms with Crippen LogP contribution in [-0.4, -0.2) is 30.4 Å². The smallest absolute Gasteiger partial charge is 0.319 e. The highest BCUT2D eigenvalue weighted by Crippen LogP contribution is 2.29. The zero-order valence-electron chi connectivity index (χ0n) is 12.5. The predicted molar refractivity (Wildman–Crippen MR) is 82.1 cm³/mol. The number of hydrogen-bond acceptors (Lipinski definition) is 3. The van der Waals surface area contributed by atoms with E-state index >= 15 is 0 Å². The number of aliphatic hydroxyl groups is 1. The van der Waals surface area contributed by atoms with Crippen molar-refractivity contribution in [2.45, 2.75) is 38.8 Å². The van der Waals surface area contributed by atoms with Crippen LogP contribution in [-0.2, 0) is 11.3 Å². The molecule has 1 saturated carbocycles. The van der Waals surface area contributed by atoms with E-state index < -0.39 is 0 Å². The molecule has 1 fully saturated rings. The molecule has 1 aliphatic rings. The van der Waals surface area contributed by atoms with Gasteiger partial charge in [-0.15, -0.1) is 0 Å². The second kappa shape index (κ2) is 8.00. The minimum Gasteiger partial charge on any atom is -0.396 e. The highest BCUT2D eigenvalue weighted by molar-refractivity contribution is 5.89. The van der Waals surface area contributed by atoms with Gasteiger partial charge in [0.1, 0.15) is 0 Å². The average molecular weight is 292 g/mol. The SMILES string of the molecule is C[C@H](CCO)NC(=O)Nc1cccc(COCC2CC2)c1. The first-order valence-corrected chi connectivity index (χ1v) is 7.52. The van der Waals surface area contributed by atoms with Gasteiger partial charge in [-0.3, -0.25) is 0 Å². The molecule has 2 amide bonds. The lowest BCUT2D eigenvalue weighted by atomic mass is 10.2. The van der Waals surface area contributed by atoms with Crippen LogP contribution in [0.25, 0.3) is 0 Å².